The highest BCUT2D eigenvalue weighted by molar-refractivity contribution is 5.72. The molecule has 0 aromatic carbocycles. The van der Waals surface area contributed by atoms with Crippen molar-refractivity contribution in [3.8, 4) is 0 Å². The number of aldehydes is 1. The smallest absolute Gasteiger partial charge is 0.145 e. The summed E-state index contributed by atoms with van der Waals surface area (Å²) in [5, 5.41) is 0. The summed E-state index contributed by atoms with van der Waals surface area (Å²) in [6.07, 6.45) is 14.5. The third-order valence-corrected chi connectivity index (χ3v) is 3.41. The molecule has 0 N–H and O–H groups in total. The summed E-state index contributed by atoms with van der Waals surface area (Å²) in [6.45, 7) is 10.6. The Kier molecular flexibility index (Phi) is 10.1. The molecule has 0 bridgehead atoms. The van der Waals surface area contributed by atoms with Gasteiger partial charge in [0.25, 0.3) is 0 Å². The Morgan fingerprint density at radius 1 is 1.16 bits per heavy atom. The van der Waals surface area contributed by atoms with Gasteiger partial charge in [0, 0.05) is 0 Å². The van der Waals surface area contributed by atoms with Gasteiger partial charge in [0.05, 0.1) is 0 Å². The minimum Gasteiger partial charge on any atom is -0.298 e. The third-order valence-electron chi connectivity index (χ3n) is 3.41. The first-order valence-electron chi connectivity index (χ1n) is 7.42. The summed E-state index contributed by atoms with van der Waals surface area (Å²) in [6, 6.07) is 0. The van der Waals surface area contributed by atoms with Gasteiger partial charge in [-0.15, -0.1) is 0 Å². The first kappa shape index (κ1) is 17.9. The van der Waals surface area contributed by atoms with Crippen LogP contribution >= 0.6 is 0 Å². The minimum absolute atomic E-state index is 0.501. The molecule has 0 aliphatic heterocycles. The van der Waals surface area contributed by atoms with Crippen molar-refractivity contribution in [2.75, 3.05) is 0 Å². The molecule has 0 unspecified atom stereocenters. The molecule has 0 aliphatic carbocycles. The van der Waals surface area contributed by atoms with Crippen LogP contribution in [0.2, 0.25) is 0 Å². The maximum absolute atomic E-state index is 10.6. The largest absolute Gasteiger partial charge is 0.298 e. The zero-order valence-corrected chi connectivity index (χ0v) is 13.3. The lowest BCUT2D eigenvalue weighted by atomic mass is 9.92. The molecule has 0 saturated heterocycles. The summed E-state index contributed by atoms with van der Waals surface area (Å²) in [5.41, 5.74) is 2.18. The molecule has 108 valence electrons. The highest BCUT2D eigenvalue weighted by Crippen LogP contribution is 2.19. The van der Waals surface area contributed by atoms with Gasteiger partial charge in [-0.25, -0.2) is 0 Å². The third kappa shape index (κ3) is 10.5. The van der Waals surface area contributed by atoms with Gasteiger partial charge in [0.2, 0.25) is 0 Å². The summed E-state index contributed by atoms with van der Waals surface area (Å²) in [7, 11) is 0. The average molecular weight is 262 g/mol. The molecule has 0 rings (SSSR count). The van der Waals surface area contributed by atoms with Crippen LogP contribution < -0.4 is 0 Å². The summed E-state index contributed by atoms with van der Waals surface area (Å²) < 4.78 is 0. The van der Waals surface area contributed by atoms with Crippen LogP contribution in [0.15, 0.2) is 35.5 Å². The highest BCUT2D eigenvalue weighted by atomic mass is 16.1. The normalized spacial score (nSPS) is 16.7. The first-order valence-corrected chi connectivity index (χ1v) is 7.42. The van der Waals surface area contributed by atoms with Crippen molar-refractivity contribution in [1.29, 1.82) is 0 Å². The summed E-state index contributed by atoms with van der Waals surface area (Å²) >= 11 is 0. The zero-order chi connectivity index (χ0) is 14.7. The van der Waals surface area contributed by atoms with E-state index in [0.717, 1.165) is 24.2 Å². The molecule has 0 aliphatic rings. The van der Waals surface area contributed by atoms with E-state index in [9.17, 15) is 4.79 Å². The molecule has 1 nitrogen and oxygen atoms in total. The van der Waals surface area contributed by atoms with Crippen molar-refractivity contribution in [1.82, 2.24) is 0 Å². The van der Waals surface area contributed by atoms with Gasteiger partial charge in [-0.3, -0.25) is 4.79 Å². The van der Waals surface area contributed by atoms with Gasteiger partial charge >= 0.3 is 0 Å². The number of rotatable bonds is 9. The van der Waals surface area contributed by atoms with Crippen LogP contribution in [0.1, 0.15) is 60.3 Å². The number of hydrogen-bond donors (Lipinski definition) is 0. The maximum Gasteiger partial charge on any atom is 0.145 e. The van der Waals surface area contributed by atoms with E-state index >= 15 is 0 Å². The summed E-state index contributed by atoms with van der Waals surface area (Å²) in [4.78, 5) is 10.6. The SMILES string of the molecule is C/C=C(C)/C=C/CCC[C@@H](C)C[C@@H](C)/C=C(\C)C=O. The topological polar surface area (TPSA) is 17.1 Å². The molecule has 0 fully saturated rings. The van der Waals surface area contributed by atoms with Crippen molar-refractivity contribution < 1.29 is 4.79 Å². The maximum atomic E-state index is 10.6. The van der Waals surface area contributed by atoms with Crippen LogP contribution in [-0.4, -0.2) is 6.29 Å². The Labute approximate surface area is 119 Å². The average Bonchev–Trinajstić information content (AvgIpc) is 2.37. The molecule has 19 heavy (non-hydrogen) atoms. The molecule has 0 spiro atoms. The van der Waals surface area contributed by atoms with Crippen LogP contribution in [-0.2, 0) is 4.79 Å². The van der Waals surface area contributed by atoms with Gasteiger partial charge in [-0.1, -0.05) is 50.1 Å². The van der Waals surface area contributed by atoms with E-state index in [1.807, 2.05) is 6.92 Å². The lowest BCUT2D eigenvalue weighted by molar-refractivity contribution is -0.104. The Balaban J connectivity index is 3.84. The molecule has 0 aromatic rings. The van der Waals surface area contributed by atoms with Crippen molar-refractivity contribution in [2.24, 2.45) is 11.8 Å². The van der Waals surface area contributed by atoms with Crippen molar-refractivity contribution >= 4 is 6.29 Å². The molecule has 0 radical (unpaired) electrons. The fourth-order valence-corrected chi connectivity index (χ4v) is 2.26. The van der Waals surface area contributed by atoms with E-state index in [0.29, 0.717) is 5.92 Å². The van der Waals surface area contributed by atoms with Crippen LogP contribution in [0.25, 0.3) is 0 Å². The van der Waals surface area contributed by atoms with Crippen molar-refractivity contribution in [2.45, 2.75) is 60.3 Å². The Bertz CT molecular complexity index is 334. The fraction of sp³-hybridized carbons (Fsp3) is 0.611. The lowest BCUT2D eigenvalue weighted by Gasteiger charge is -2.14. The standard InChI is InChI=1S/C18H30O/c1-6-15(2)10-8-7-9-11-16(3)12-17(4)13-18(5)14-19/h6,8,10,13-14,16-17H,7,9,11-12H2,1-5H3/b10-8+,15-6+,18-13+/t16-,17-/m1/s1. The highest BCUT2D eigenvalue weighted by Gasteiger charge is 2.06. The lowest BCUT2D eigenvalue weighted by Crippen LogP contribution is -2.02. The monoisotopic (exact) mass is 262 g/mol. The Hall–Kier alpha value is -1.11. The molecular formula is C18H30O. The molecular weight excluding hydrogens is 232 g/mol. The first-order chi connectivity index (χ1) is 8.99. The molecule has 1 heteroatoms. The predicted molar refractivity (Wildman–Crippen MR) is 85.2 cm³/mol. The van der Waals surface area contributed by atoms with Crippen molar-refractivity contribution in [3.05, 3.63) is 35.5 Å². The van der Waals surface area contributed by atoms with E-state index in [2.05, 4.69) is 52.0 Å². The van der Waals surface area contributed by atoms with Gasteiger partial charge in [-0.05, 0) is 57.4 Å². The number of hydrogen-bond acceptors (Lipinski definition) is 1. The number of carbonyl (C=O) groups is 1. The van der Waals surface area contributed by atoms with E-state index in [1.54, 1.807) is 0 Å². The fourth-order valence-electron chi connectivity index (χ4n) is 2.26. The van der Waals surface area contributed by atoms with E-state index in [1.165, 1.54) is 24.8 Å². The molecule has 0 heterocycles. The number of allylic oxidation sites excluding steroid dienone is 6. The second kappa shape index (κ2) is 10.8. The van der Waals surface area contributed by atoms with E-state index < -0.39 is 0 Å². The molecule has 2 atom stereocenters. The number of unbranched alkanes of at least 4 members (excludes halogenated alkanes) is 1. The van der Waals surface area contributed by atoms with Gasteiger partial charge in [0.15, 0.2) is 0 Å². The predicted octanol–water partition coefficient (Wildman–Crippen LogP) is 5.49. The second-order valence-electron chi connectivity index (χ2n) is 5.71. The Morgan fingerprint density at radius 2 is 1.84 bits per heavy atom. The van der Waals surface area contributed by atoms with E-state index in [4.69, 9.17) is 0 Å². The zero-order valence-electron chi connectivity index (χ0n) is 13.3. The second-order valence-corrected chi connectivity index (χ2v) is 5.71. The van der Waals surface area contributed by atoms with Crippen LogP contribution in [0.3, 0.4) is 0 Å². The van der Waals surface area contributed by atoms with Gasteiger partial charge in [0.1, 0.15) is 6.29 Å². The van der Waals surface area contributed by atoms with Crippen LogP contribution in [0.4, 0.5) is 0 Å². The van der Waals surface area contributed by atoms with Gasteiger partial charge in [-0.2, -0.15) is 0 Å². The van der Waals surface area contributed by atoms with Gasteiger partial charge < -0.3 is 0 Å². The molecule has 0 saturated carbocycles. The molecule has 0 amide bonds. The molecule has 0 aromatic heterocycles. The van der Waals surface area contributed by atoms with Crippen molar-refractivity contribution in [3.63, 3.8) is 0 Å². The quantitative estimate of drug-likeness (QED) is 0.232. The minimum atomic E-state index is 0.501. The van der Waals surface area contributed by atoms with Crippen LogP contribution in [0, 0.1) is 11.8 Å². The number of carbonyl (C=O) groups excluding carboxylic acids is 1. The summed E-state index contributed by atoms with van der Waals surface area (Å²) in [5.74, 6) is 1.22. The van der Waals surface area contributed by atoms with E-state index in [-0.39, 0.29) is 0 Å². The van der Waals surface area contributed by atoms with Crippen LogP contribution in [0.5, 0.6) is 0 Å². The Morgan fingerprint density at radius 3 is 2.42 bits per heavy atom.